The quantitative estimate of drug-likeness (QED) is 0.358. The fraction of sp³-hybridized carbons (Fsp3) is 0.600. The molecule has 52 valence electrons. The van der Waals surface area contributed by atoms with Gasteiger partial charge in [-0.2, -0.15) is 0 Å². The topological polar surface area (TPSA) is 70.3 Å². The predicted molar refractivity (Wildman–Crippen MR) is 34.3 cm³/mol. The lowest BCUT2D eigenvalue weighted by molar-refractivity contribution is 0.137. The van der Waals surface area contributed by atoms with Crippen LogP contribution in [0, 0.1) is 0 Å². The van der Waals surface area contributed by atoms with Crippen molar-refractivity contribution in [2.24, 2.45) is 5.73 Å². The average Bonchev–Trinajstić information content (AvgIpc) is 2.37. The van der Waals surface area contributed by atoms with Crippen molar-refractivity contribution in [2.45, 2.75) is 12.3 Å². The monoisotopic (exact) mass is 129 g/mol. The van der Waals surface area contributed by atoms with Crippen molar-refractivity contribution in [3.63, 3.8) is 0 Å². The summed E-state index contributed by atoms with van der Waals surface area (Å²) < 4.78 is 0. The minimum atomic E-state index is -0.514. The summed E-state index contributed by atoms with van der Waals surface area (Å²) in [6.07, 6.45) is 2.86. The highest BCUT2D eigenvalue weighted by Crippen LogP contribution is 1.91. The van der Waals surface area contributed by atoms with Crippen LogP contribution in [0.3, 0.4) is 0 Å². The van der Waals surface area contributed by atoms with Gasteiger partial charge in [-0.05, 0) is 0 Å². The number of aliphatic hydroxyl groups excluding tert-OH is 1. The fourth-order valence-electron chi connectivity index (χ4n) is 0.710. The standard InChI is InChI=1S/C5H11N3O/c6-3-4(9)5-7-1-2-8-5/h1-2,4-5,7-9H,3,6H2. The molecule has 0 aromatic heterocycles. The van der Waals surface area contributed by atoms with Gasteiger partial charge in [0.1, 0.15) is 12.3 Å². The van der Waals surface area contributed by atoms with E-state index in [1.54, 1.807) is 12.4 Å². The normalized spacial score (nSPS) is 21.1. The van der Waals surface area contributed by atoms with E-state index in [1.807, 2.05) is 0 Å². The number of hydrogen-bond donors (Lipinski definition) is 4. The zero-order chi connectivity index (χ0) is 6.69. The summed E-state index contributed by atoms with van der Waals surface area (Å²) >= 11 is 0. The zero-order valence-corrected chi connectivity index (χ0v) is 5.04. The third-order valence-electron chi connectivity index (χ3n) is 1.26. The maximum Gasteiger partial charge on any atom is 0.124 e. The highest BCUT2D eigenvalue weighted by Gasteiger charge is 2.16. The molecule has 1 unspecified atom stereocenters. The van der Waals surface area contributed by atoms with Crippen LogP contribution < -0.4 is 16.4 Å². The Balaban J connectivity index is 2.27. The Morgan fingerprint density at radius 1 is 1.56 bits per heavy atom. The van der Waals surface area contributed by atoms with E-state index in [0.717, 1.165) is 0 Å². The molecule has 0 aliphatic carbocycles. The van der Waals surface area contributed by atoms with Crippen molar-refractivity contribution in [1.29, 1.82) is 0 Å². The molecule has 1 atom stereocenters. The summed E-state index contributed by atoms with van der Waals surface area (Å²) in [5, 5.41) is 14.8. The van der Waals surface area contributed by atoms with E-state index in [-0.39, 0.29) is 12.7 Å². The average molecular weight is 129 g/mol. The second kappa shape index (κ2) is 2.70. The van der Waals surface area contributed by atoms with Gasteiger partial charge in [0.15, 0.2) is 0 Å². The predicted octanol–water partition coefficient (Wildman–Crippen LogP) is -1.70. The Labute approximate surface area is 53.7 Å². The smallest absolute Gasteiger partial charge is 0.124 e. The van der Waals surface area contributed by atoms with Crippen LogP contribution in [0.1, 0.15) is 0 Å². The molecule has 1 rings (SSSR count). The molecule has 0 fully saturated rings. The van der Waals surface area contributed by atoms with Crippen LogP contribution >= 0.6 is 0 Å². The fourth-order valence-corrected chi connectivity index (χ4v) is 0.710. The van der Waals surface area contributed by atoms with Crippen molar-refractivity contribution in [3.8, 4) is 0 Å². The second-order valence-electron chi connectivity index (χ2n) is 1.95. The molecule has 0 aromatic rings. The molecule has 5 N–H and O–H groups in total. The summed E-state index contributed by atoms with van der Waals surface area (Å²) in [7, 11) is 0. The maximum absolute atomic E-state index is 9.07. The SMILES string of the molecule is NCC(O)C1NC=CN1. The Morgan fingerprint density at radius 2 is 2.11 bits per heavy atom. The van der Waals surface area contributed by atoms with Crippen LogP contribution in [0.2, 0.25) is 0 Å². The summed E-state index contributed by atoms with van der Waals surface area (Å²) in [4.78, 5) is 0. The number of nitrogens with one attached hydrogen (secondary N) is 2. The Morgan fingerprint density at radius 3 is 2.56 bits per heavy atom. The van der Waals surface area contributed by atoms with E-state index >= 15 is 0 Å². The van der Waals surface area contributed by atoms with Crippen LogP contribution in [0.4, 0.5) is 0 Å². The molecule has 1 aliphatic heterocycles. The van der Waals surface area contributed by atoms with Gasteiger partial charge in [-0.3, -0.25) is 0 Å². The molecule has 4 nitrogen and oxygen atoms in total. The van der Waals surface area contributed by atoms with E-state index in [9.17, 15) is 0 Å². The van der Waals surface area contributed by atoms with Crippen LogP contribution in [0.15, 0.2) is 12.4 Å². The minimum Gasteiger partial charge on any atom is -0.388 e. The van der Waals surface area contributed by atoms with Crippen LogP contribution in [0.5, 0.6) is 0 Å². The molecule has 0 radical (unpaired) electrons. The first-order chi connectivity index (χ1) is 4.34. The molecule has 0 saturated heterocycles. The molecule has 9 heavy (non-hydrogen) atoms. The first-order valence-electron chi connectivity index (χ1n) is 2.90. The Kier molecular flexibility index (Phi) is 1.92. The number of aliphatic hydroxyl groups is 1. The molecule has 0 spiro atoms. The molecule has 1 aliphatic rings. The largest absolute Gasteiger partial charge is 0.388 e. The minimum absolute atomic E-state index is 0.102. The van der Waals surface area contributed by atoms with E-state index in [0.29, 0.717) is 0 Å². The second-order valence-corrected chi connectivity index (χ2v) is 1.95. The number of rotatable bonds is 2. The van der Waals surface area contributed by atoms with Gasteiger partial charge in [-0.1, -0.05) is 0 Å². The van der Waals surface area contributed by atoms with Crippen molar-refractivity contribution >= 4 is 0 Å². The highest BCUT2D eigenvalue weighted by molar-refractivity contribution is 4.93. The Hall–Kier alpha value is -0.740. The molecule has 0 aromatic carbocycles. The Bertz CT molecular complexity index is 107. The van der Waals surface area contributed by atoms with Gasteiger partial charge in [0, 0.05) is 18.9 Å². The van der Waals surface area contributed by atoms with E-state index in [2.05, 4.69) is 10.6 Å². The van der Waals surface area contributed by atoms with Crippen LogP contribution in [-0.4, -0.2) is 23.9 Å². The van der Waals surface area contributed by atoms with E-state index in [4.69, 9.17) is 10.8 Å². The van der Waals surface area contributed by atoms with Gasteiger partial charge in [-0.25, -0.2) is 0 Å². The van der Waals surface area contributed by atoms with Gasteiger partial charge in [0.2, 0.25) is 0 Å². The van der Waals surface area contributed by atoms with Crippen LogP contribution in [0.25, 0.3) is 0 Å². The van der Waals surface area contributed by atoms with Crippen molar-refractivity contribution in [1.82, 2.24) is 10.6 Å². The first kappa shape index (κ1) is 6.38. The molecule has 1 heterocycles. The number of hydrogen-bond acceptors (Lipinski definition) is 4. The third-order valence-corrected chi connectivity index (χ3v) is 1.26. The number of nitrogens with two attached hydrogens (primary N) is 1. The molecular weight excluding hydrogens is 118 g/mol. The van der Waals surface area contributed by atoms with Gasteiger partial charge < -0.3 is 21.5 Å². The molecular formula is C5H11N3O. The highest BCUT2D eigenvalue weighted by atomic mass is 16.3. The summed E-state index contributed by atoms with van der Waals surface area (Å²) in [5.41, 5.74) is 5.19. The first-order valence-corrected chi connectivity index (χ1v) is 2.90. The lowest BCUT2D eigenvalue weighted by Gasteiger charge is -2.16. The molecule has 4 heteroatoms. The zero-order valence-electron chi connectivity index (χ0n) is 5.04. The van der Waals surface area contributed by atoms with Gasteiger partial charge in [0.25, 0.3) is 0 Å². The third kappa shape index (κ3) is 1.34. The molecule has 0 bridgehead atoms. The van der Waals surface area contributed by atoms with Crippen molar-refractivity contribution < 1.29 is 5.11 Å². The van der Waals surface area contributed by atoms with Crippen molar-refractivity contribution in [2.75, 3.05) is 6.54 Å². The van der Waals surface area contributed by atoms with Gasteiger partial charge in [-0.15, -0.1) is 0 Å². The summed E-state index contributed by atoms with van der Waals surface area (Å²) in [6.45, 7) is 0.270. The molecule has 0 saturated carbocycles. The van der Waals surface area contributed by atoms with Crippen molar-refractivity contribution in [3.05, 3.63) is 12.4 Å². The lowest BCUT2D eigenvalue weighted by Crippen LogP contribution is -2.46. The summed E-state index contributed by atoms with van der Waals surface area (Å²) in [5.74, 6) is 0. The van der Waals surface area contributed by atoms with E-state index in [1.165, 1.54) is 0 Å². The van der Waals surface area contributed by atoms with Crippen LogP contribution in [-0.2, 0) is 0 Å². The van der Waals surface area contributed by atoms with Gasteiger partial charge >= 0.3 is 0 Å². The van der Waals surface area contributed by atoms with Gasteiger partial charge in [0.05, 0.1) is 0 Å². The maximum atomic E-state index is 9.07. The molecule has 0 amide bonds. The van der Waals surface area contributed by atoms with E-state index < -0.39 is 6.10 Å². The lowest BCUT2D eigenvalue weighted by atomic mass is 10.3. The summed E-state index contributed by atoms with van der Waals surface area (Å²) in [6, 6.07) is 0.